The van der Waals surface area contributed by atoms with Crippen LogP contribution >= 0.6 is 0 Å². The highest BCUT2D eigenvalue weighted by Crippen LogP contribution is 2.28. The predicted octanol–water partition coefficient (Wildman–Crippen LogP) is 3.47. The van der Waals surface area contributed by atoms with E-state index in [9.17, 15) is 8.42 Å². The van der Waals surface area contributed by atoms with Gasteiger partial charge in [0.2, 0.25) is 10.0 Å². The topological polar surface area (TPSA) is 66.0 Å². The van der Waals surface area contributed by atoms with Gasteiger partial charge in [-0.25, -0.2) is 8.42 Å². The van der Waals surface area contributed by atoms with Crippen molar-refractivity contribution in [2.24, 2.45) is 0 Å². The fourth-order valence-corrected chi connectivity index (χ4v) is 5.91. The van der Waals surface area contributed by atoms with E-state index in [1.807, 2.05) is 37.3 Å². The molecule has 0 radical (unpaired) electrons. The number of hydrogen-bond acceptors (Lipinski definition) is 6. The molecule has 2 heterocycles. The van der Waals surface area contributed by atoms with Gasteiger partial charge < -0.3 is 9.64 Å². The number of fused-ring (bicyclic) bond motifs is 1. The minimum absolute atomic E-state index is 0.329. The summed E-state index contributed by atoms with van der Waals surface area (Å²) in [6.07, 6.45) is 2.52. The van der Waals surface area contributed by atoms with Crippen LogP contribution in [0.4, 0.5) is 5.69 Å². The molecule has 176 valence electrons. The second kappa shape index (κ2) is 10.5. The van der Waals surface area contributed by atoms with Gasteiger partial charge in [-0.2, -0.15) is 4.31 Å². The normalized spacial score (nSPS) is 15.3. The van der Waals surface area contributed by atoms with E-state index in [0.29, 0.717) is 18.0 Å². The highest BCUT2D eigenvalue weighted by Gasteiger charge is 2.24. The van der Waals surface area contributed by atoms with Crippen LogP contribution in [0.25, 0.3) is 10.9 Å². The summed E-state index contributed by atoms with van der Waals surface area (Å²) in [5.74, 6) is 0.902. The lowest BCUT2D eigenvalue weighted by atomic mass is 10.2. The molecule has 1 fully saturated rings. The summed E-state index contributed by atoms with van der Waals surface area (Å²) >= 11 is 0. The Kier molecular flexibility index (Phi) is 7.47. The zero-order valence-electron chi connectivity index (χ0n) is 19.4. The molecule has 7 nitrogen and oxygen atoms in total. The van der Waals surface area contributed by atoms with Crippen LogP contribution in [0, 0.1) is 0 Å². The molecule has 1 aromatic heterocycles. The van der Waals surface area contributed by atoms with Crippen LogP contribution in [-0.2, 0) is 10.0 Å². The molecule has 0 unspecified atom stereocenters. The van der Waals surface area contributed by atoms with Crippen molar-refractivity contribution in [1.82, 2.24) is 14.2 Å². The lowest BCUT2D eigenvalue weighted by Crippen LogP contribution is -2.47. The van der Waals surface area contributed by atoms with E-state index in [0.717, 1.165) is 61.5 Å². The average Bonchev–Trinajstić information content (AvgIpc) is 2.86. The average molecular weight is 469 g/mol. The van der Waals surface area contributed by atoms with Crippen LogP contribution in [0.15, 0.2) is 65.7 Å². The van der Waals surface area contributed by atoms with Crippen LogP contribution in [0.1, 0.15) is 13.3 Å². The fourth-order valence-electron chi connectivity index (χ4n) is 4.39. The number of rotatable bonds is 9. The van der Waals surface area contributed by atoms with Crippen LogP contribution in [-0.4, -0.2) is 75.5 Å². The van der Waals surface area contributed by atoms with Crippen molar-refractivity contribution in [3.63, 3.8) is 0 Å². The fraction of sp³-hybridized carbons (Fsp3) is 0.400. The van der Waals surface area contributed by atoms with Crippen LogP contribution in [0.2, 0.25) is 0 Å². The molecule has 0 amide bonds. The van der Waals surface area contributed by atoms with Gasteiger partial charge in [0.25, 0.3) is 0 Å². The monoisotopic (exact) mass is 468 g/mol. The first-order chi connectivity index (χ1) is 16.0. The highest BCUT2D eigenvalue weighted by molar-refractivity contribution is 7.89. The first-order valence-corrected chi connectivity index (χ1v) is 12.9. The molecule has 1 saturated heterocycles. The third-order valence-electron chi connectivity index (χ3n) is 6.24. The number of para-hydroxylation sites is 2. The zero-order chi connectivity index (χ0) is 23.3. The summed E-state index contributed by atoms with van der Waals surface area (Å²) in [7, 11) is -1.83. The molecule has 4 rings (SSSR count). The molecule has 8 heteroatoms. The van der Waals surface area contributed by atoms with E-state index in [1.54, 1.807) is 35.8 Å². The van der Waals surface area contributed by atoms with Gasteiger partial charge >= 0.3 is 0 Å². The van der Waals surface area contributed by atoms with Gasteiger partial charge in [0, 0.05) is 50.9 Å². The number of sulfonamides is 1. The van der Waals surface area contributed by atoms with E-state index in [1.165, 1.54) is 0 Å². The summed E-state index contributed by atoms with van der Waals surface area (Å²) in [5, 5.41) is 0.836. The molecule has 2 aromatic carbocycles. The third kappa shape index (κ3) is 5.29. The molecule has 0 aliphatic carbocycles. The number of aromatic nitrogens is 1. The molecular weight excluding hydrogens is 436 g/mol. The quantitative estimate of drug-likeness (QED) is 0.479. The van der Waals surface area contributed by atoms with Gasteiger partial charge in [-0.15, -0.1) is 0 Å². The number of ether oxygens (including phenoxy) is 1. The summed E-state index contributed by atoms with van der Waals surface area (Å²) in [6, 6.07) is 17.0. The number of anilines is 1. The predicted molar refractivity (Wildman–Crippen MR) is 132 cm³/mol. The Hall–Kier alpha value is -2.68. The number of methoxy groups -OCH3 is 1. The van der Waals surface area contributed by atoms with Crippen molar-refractivity contribution in [3.05, 3.63) is 60.8 Å². The van der Waals surface area contributed by atoms with Gasteiger partial charge in [0.1, 0.15) is 5.75 Å². The van der Waals surface area contributed by atoms with Crippen molar-refractivity contribution < 1.29 is 13.2 Å². The summed E-state index contributed by atoms with van der Waals surface area (Å²) < 4.78 is 33.5. The number of piperazine rings is 1. The van der Waals surface area contributed by atoms with Crippen molar-refractivity contribution in [1.29, 1.82) is 0 Å². The van der Waals surface area contributed by atoms with Crippen LogP contribution < -0.4 is 9.64 Å². The maximum Gasteiger partial charge on any atom is 0.243 e. The van der Waals surface area contributed by atoms with E-state index in [-0.39, 0.29) is 0 Å². The summed E-state index contributed by atoms with van der Waals surface area (Å²) in [4.78, 5) is 9.37. The van der Waals surface area contributed by atoms with Gasteiger partial charge in [-0.1, -0.05) is 25.1 Å². The molecular formula is C25H32N4O3S. The van der Waals surface area contributed by atoms with Crippen LogP contribution in [0.5, 0.6) is 5.75 Å². The molecule has 0 spiro atoms. The number of pyridine rings is 1. The minimum Gasteiger partial charge on any atom is -0.495 e. The zero-order valence-corrected chi connectivity index (χ0v) is 20.2. The highest BCUT2D eigenvalue weighted by atomic mass is 32.2. The molecule has 3 aromatic rings. The number of hydrogen-bond donors (Lipinski definition) is 0. The van der Waals surface area contributed by atoms with Crippen molar-refractivity contribution in [3.8, 4) is 5.75 Å². The molecule has 0 atom stereocenters. The van der Waals surface area contributed by atoms with E-state index in [2.05, 4.69) is 20.9 Å². The SMILES string of the molecule is CCN(CCCN1CCN(c2ccccc2OC)CC1)S(=O)(=O)c1ccc2ncccc2c1. The molecule has 0 saturated carbocycles. The Morgan fingerprint density at radius 1 is 1.03 bits per heavy atom. The Labute approximate surface area is 196 Å². The van der Waals surface area contributed by atoms with Gasteiger partial charge in [0.15, 0.2) is 0 Å². The first-order valence-electron chi connectivity index (χ1n) is 11.5. The molecule has 0 N–H and O–H groups in total. The van der Waals surface area contributed by atoms with Crippen molar-refractivity contribution in [2.75, 3.05) is 57.8 Å². The second-order valence-corrected chi connectivity index (χ2v) is 10.1. The molecule has 1 aliphatic rings. The third-order valence-corrected chi connectivity index (χ3v) is 8.22. The number of nitrogens with zero attached hydrogens (tertiary/aromatic N) is 4. The van der Waals surface area contributed by atoms with E-state index < -0.39 is 10.0 Å². The standard InChI is InChI=1S/C25H32N4O3S/c1-3-29(33(30,31)22-11-12-23-21(20-22)8-6-13-26-23)15-7-14-27-16-18-28(19-17-27)24-9-4-5-10-25(24)32-2/h4-6,8-13,20H,3,7,14-19H2,1-2H3. The lowest BCUT2D eigenvalue weighted by Gasteiger charge is -2.36. The van der Waals surface area contributed by atoms with Crippen molar-refractivity contribution >= 4 is 26.6 Å². The minimum atomic E-state index is -3.53. The van der Waals surface area contributed by atoms with Crippen LogP contribution in [0.3, 0.4) is 0 Å². The largest absolute Gasteiger partial charge is 0.495 e. The van der Waals surface area contributed by atoms with Gasteiger partial charge in [-0.3, -0.25) is 9.88 Å². The molecule has 1 aliphatic heterocycles. The first kappa shape index (κ1) is 23.5. The van der Waals surface area contributed by atoms with Gasteiger partial charge in [0.05, 0.1) is 23.2 Å². The summed E-state index contributed by atoms with van der Waals surface area (Å²) in [5.41, 5.74) is 1.93. The van der Waals surface area contributed by atoms with Gasteiger partial charge in [-0.05, 0) is 49.4 Å². The Morgan fingerprint density at radius 3 is 2.58 bits per heavy atom. The molecule has 33 heavy (non-hydrogen) atoms. The molecule has 0 bridgehead atoms. The Balaban J connectivity index is 1.32. The number of benzene rings is 2. The summed E-state index contributed by atoms with van der Waals surface area (Å²) in [6.45, 7) is 7.51. The smallest absolute Gasteiger partial charge is 0.243 e. The van der Waals surface area contributed by atoms with Crippen molar-refractivity contribution in [2.45, 2.75) is 18.2 Å². The maximum atomic E-state index is 13.2. The maximum absolute atomic E-state index is 13.2. The second-order valence-electron chi connectivity index (χ2n) is 8.21. The lowest BCUT2D eigenvalue weighted by molar-refractivity contribution is 0.246. The Bertz CT molecular complexity index is 1180. The Morgan fingerprint density at radius 2 is 1.82 bits per heavy atom. The van der Waals surface area contributed by atoms with E-state index in [4.69, 9.17) is 4.74 Å². The van der Waals surface area contributed by atoms with E-state index >= 15 is 0 Å².